The number of allylic oxidation sites excluding steroid dienone is 2. The second-order valence-corrected chi connectivity index (χ2v) is 7.55. The van der Waals surface area contributed by atoms with Gasteiger partial charge in [-0.15, -0.1) is 0 Å². The van der Waals surface area contributed by atoms with Crippen LogP contribution in [0.25, 0.3) is 22.1 Å². The highest BCUT2D eigenvalue weighted by atomic mass is 16.6. The average Bonchev–Trinajstić information content (AvgIpc) is 3.50. The SMILES string of the molecule is CC(C)=CCC(c1c(O)cc2occ(-c3ccc(O)cc3)c(=O)c2c1O)C1CO1. The molecule has 1 aromatic heterocycles. The summed E-state index contributed by atoms with van der Waals surface area (Å²) in [7, 11) is 0. The van der Waals surface area contributed by atoms with E-state index in [-0.39, 0.29) is 45.8 Å². The smallest absolute Gasteiger partial charge is 0.204 e. The van der Waals surface area contributed by atoms with Gasteiger partial charge in [0.05, 0.1) is 18.3 Å². The topological polar surface area (TPSA) is 103 Å². The van der Waals surface area contributed by atoms with Crippen molar-refractivity contribution in [3.63, 3.8) is 0 Å². The fourth-order valence-corrected chi connectivity index (χ4v) is 3.58. The molecule has 4 rings (SSSR count). The van der Waals surface area contributed by atoms with Crippen LogP contribution in [-0.4, -0.2) is 28.0 Å². The minimum atomic E-state index is -0.409. The van der Waals surface area contributed by atoms with E-state index >= 15 is 0 Å². The van der Waals surface area contributed by atoms with Crippen molar-refractivity contribution in [2.75, 3.05) is 6.61 Å². The van der Waals surface area contributed by atoms with Crippen LogP contribution in [0.1, 0.15) is 31.7 Å². The largest absolute Gasteiger partial charge is 0.508 e. The number of fused-ring (bicyclic) bond motifs is 1. The molecule has 3 N–H and O–H groups in total. The molecule has 2 unspecified atom stereocenters. The van der Waals surface area contributed by atoms with Crippen molar-refractivity contribution in [3.05, 3.63) is 64.0 Å². The summed E-state index contributed by atoms with van der Waals surface area (Å²) in [6.07, 6.45) is 3.76. The maximum absolute atomic E-state index is 13.2. The molecule has 0 amide bonds. The minimum absolute atomic E-state index is 0.0197. The predicted molar refractivity (Wildman–Crippen MR) is 109 cm³/mol. The van der Waals surface area contributed by atoms with Gasteiger partial charge < -0.3 is 24.5 Å². The zero-order valence-electron chi connectivity index (χ0n) is 16.2. The Balaban J connectivity index is 1.90. The quantitative estimate of drug-likeness (QED) is 0.437. The Hall–Kier alpha value is -3.25. The molecule has 0 aliphatic carbocycles. The van der Waals surface area contributed by atoms with Crippen LogP contribution in [0.3, 0.4) is 0 Å². The van der Waals surface area contributed by atoms with Crippen molar-refractivity contribution >= 4 is 11.0 Å². The lowest BCUT2D eigenvalue weighted by molar-refractivity contribution is 0.358. The van der Waals surface area contributed by atoms with E-state index in [0.717, 1.165) is 5.57 Å². The van der Waals surface area contributed by atoms with Crippen LogP contribution in [0.2, 0.25) is 0 Å². The molecule has 1 fully saturated rings. The molecular formula is C23H22O6. The molecule has 0 bridgehead atoms. The van der Waals surface area contributed by atoms with Gasteiger partial charge in [0.15, 0.2) is 0 Å². The van der Waals surface area contributed by atoms with E-state index in [1.54, 1.807) is 12.1 Å². The fourth-order valence-electron chi connectivity index (χ4n) is 3.58. The zero-order chi connectivity index (χ0) is 20.7. The van der Waals surface area contributed by atoms with E-state index in [1.807, 2.05) is 19.9 Å². The summed E-state index contributed by atoms with van der Waals surface area (Å²) in [6, 6.07) is 7.51. The third-order valence-electron chi connectivity index (χ3n) is 5.19. The Morgan fingerprint density at radius 1 is 1.21 bits per heavy atom. The highest BCUT2D eigenvalue weighted by Gasteiger charge is 2.37. The summed E-state index contributed by atoms with van der Waals surface area (Å²) in [4.78, 5) is 13.2. The lowest BCUT2D eigenvalue weighted by atomic mass is 9.89. The zero-order valence-corrected chi connectivity index (χ0v) is 16.2. The van der Waals surface area contributed by atoms with E-state index in [9.17, 15) is 20.1 Å². The summed E-state index contributed by atoms with van der Waals surface area (Å²) in [5.41, 5.74) is 1.92. The van der Waals surface area contributed by atoms with E-state index in [4.69, 9.17) is 9.15 Å². The molecule has 1 aliphatic heterocycles. The molecule has 2 heterocycles. The number of rotatable bonds is 5. The van der Waals surface area contributed by atoms with Crippen LogP contribution in [0.5, 0.6) is 17.2 Å². The second-order valence-electron chi connectivity index (χ2n) is 7.55. The Bertz CT molecular complexity index is 1150. The Labute approximate surface area is 167 Å². The molecule has 0 saturated carbocycles. The Morgan fingerprint density at radius 3 is 2.52 bits per heavy atom. The molecule has 1 saturated heterocycles. The monoisotopic (exact) mass is 394 g/mol. The normalized spacial score (nSPS) is 16.6. The van der Waals surface area contributed by atoms with Gasteiger partial charge in [-0.05, 0) is 38.0 Å². The Morgan fingerprint density at radius 2 is 1.90 bits per heavy atom. The second kappa shape index (κ2) is 7.29. The molecule has 1 aliphatic rings. The van der Waals surface area contributed by atoms with Gasteiger partial charge in [0.1, 0.15) is 34.5 Å². The number of hydrogen-bond acceptors (Lipinski definition) is 6. The summed E-state index contributed by atoms with van der Waals surface area (Å²) < 4.78 is 11.0. The van der Waals surface area contributed by atoms with Crippen LogP contribution >= 0.6 is 0 Å². The highest BCUT2D eigenvalue weighted by molar-refractivity contribution is 5.90. The number of phenolic OH excluding ortho intramolecular Hbond substituents is 3. The van der Waals surface area contributed by atoms with Crippen molar-refractivity contribution in [3.8, 4) is 28.4 Å². The van der Waals surface area contributed by atoms with Gasteiger partial charge >= 0.3 is 0 Å². The predicted octanol–water partition coefficient (Wildman–Crippen LogP) is 4.42. The van der Waals surface area contributed by atoms with E-state index < -0.39 is 5.43 Å². The first-order chi connectivity index (χ1) is 13.9. The number of aromatic hydroxyl groups is 3. The number of ether oxygens (including phenoxy) is 1. The van der Waals surface area contributed by atoms with Gasteiger partial charge in [-0.3, -0.25) is 4.79 Å². The third-order valence-corrected chi connectivity index (χ3v) is 5.19. The van der Waals surface area contributed by atoms with Gasteiger partial charge in [-0.2, -0.15) is 0 Å². The van der Waals surface area contributed by atoms with Gasteiger partial charge in [0, 0.05) is 17.5 Å². The highest BCUT2D eigenvalue weighted by Crippen LogP contribution is 2.45. The maximum atomic E-state index is 13.2. The van der Waals surface area contributed by atoms with E-state index in [1.165, 1.54) is 24.5 Å². The summed E-state index contributed by atoms with van der Waals surface area (Å²) in [6.45, 7) is 4.49. The van der Waals surface area contributed by atoms with E-state index in [0.29, 0.717) is 24.2 Å². The fraction of sp³-hybridized carbons (Fsp3) is 0.261. The molecule has 0 radical (unpaired) electrons. The van der Waals surface area contributed by atoms with Crippen molar-refractivity contribution in [2.45, 2.75) is 32.3 Å². The van der Waals surface area contributed by atoms with E-state index in [2.05, 4.69) is 0 Å². The first kappa shape index (κ1) is 19.1. The lowest BCUT2D eigenvalue weighted by Crippen LogP contribution is -2.10. The number of benzene rings is 2. The summed E-state index contributed by atoms with van der Waals surface area (Å²) in [5, 5.41) is 31.1. The standard InChI is InChI=1S/C23H22O6/c1-12(2)3-8-15(19-11-29-19)20-17(25)9-18-21(23(20)27)22(26)16(10-28-18)13-4-6-14(24)7-5-13/h3-7,9-10,15,19,24-25,27H,8,11H2,1-2H3. The summed E-state index contributed by atoms with van der Waals surface area (Å²) in [5.74, 6) is -0.596. The first-order valence-corrected chi connectivity index (χ1v) is 9.41. The number of epoxide rings is 1. The molecule has 0 spiro atoms. The van der Waals surface area contributed by atoms with Gasteiger partial charge in [0.25, 0.3) is 0 Å². The minimum Gasteiger partial charge on any atom is -0.508 e. The van der Waals surface area contributed by atoms with Gasteiger partial charge in [0.2, 0.25) is 5.43 Å². The van der Waals surface area contributed by atoms with Gasteiger partial charge in [-0.25, -0.2) is 0 Å². The van der Waals surface area contributed by atoms with Crippen LogP contribution in [0, 0.1) is 0 Å². The molecule has 2 atom stereocenters. The van der Waals surface area contributed by atoms with Crippen LogP contribution in [0.4, 0.5) is 0 Å². The molecule has 6 nitrogen and oxygen atoms in total. The molecule has 3 aromatic rings. The average molecular weight is 394 g/mol. The van der Waals surface area contributed by atoms with Crippen LogP contribution < -0.4 is 5.43 Å². The Kier molecular flexibility index (Phi) is 4.80. The molecule has 2 aromatic carbocycles. The molecular weight excluding hydrogens is 372 g/mol. The maximum Gasteiger partial charge on any atom is 0.204 e. The molecule has 29 heavy (non-hydrogen) atoms. The van der Waals surface area contributed by atoms with Crippen molar-refractivity contribution in [1.82, 2.24) is 0 Å². The molecule has 150 valence electrons. The van der Waals surface area contributed by atoms with Gasteiger partial charge in [-0.1, -0.05) is 23.8 Å². The summed E-state index contributed by atoms with van der Waals surface area (Å²) >= 11 is 0. The van der Waals surface area contributed by atoms with Crippen molar-refractivity contribution < 1.29 is 24.5 Å². The van der Waals surface area contributed by atoms with Crippen LogP contribution in [-0.2, 0) is 4.74 Å². The van der Waals surface area contributed by atoms with Crippen LogP contribution in [0.15, 0.2) is 57.5 Å². The number of hydrogen-bond donors (Lipinski definition) is 3. The van der Waals surface area contributed by atoms with Crippen molar-refractivity contribution in [2.24, 2.45) is 0 Å². The number of phenols is 3. The third kappa shape index (κ3) is 3.59. The first-order valence-electron chi connectivity index (χ1n) is 9.41. The van der Waals surface area contributed by atoms with Crippen molar-refractivity contribution in [1.29, 1.82) is 0 Å². The lowest BCUT2D eigenvalue weighted by Gasteiger charge is -2.18. The molecule has 6 heteroatoms.